The van der Waals surface area contributed by atoms with Crippen LogP contribution in [-0.2, 0) is 4.79 Å². The van der Waals surface area contributed by atoms with E-state index in [0.29, 0.717) is 23.1 Å². The van der Waals surface area contributed by atoms with Crippen molar-refractivity contribution in [2.75, 3.05) is 0 Å². The van der Waals surface area contributed by atoms with Crippen LogP contribution in [0.4, 0.5) is 0 Å². The minimum absolute atomic E-state index is 0.0151. The molecule has 4 rings (SSSR count). The van der Waals surface area contributed by atoms with Crippen molar-refractivity contribution in [1.82, 2.24) is 10.6 Å². The van der Waals surface area contributed by atoms with E-state index in [2.05, 4.69) is 16.7 Å². The van der Waals surface area contributed by atoms with Crippen LogP contribution >= 0.6 is 0 Å². The monoisotopic (exact) mass is 392 g/mol. The summed E-state index contributed by atoms with van der Waals surface area (Å²) >= 11 is 0. The molecular weight excluding hydrogens is 368 g/mol. The number of rotatable bonds is 5. The molecule has 7 heteroatoms. The van der Waals surface area contributed by atoms with Gasteiger partial charge < -0.3 is 15.8 Å². The van der Waals surface area contributed by atoms with E-state index in [4.69, 9.17) is 0 Å². The van der Waals surface area contributed by atoms with Gasteiger partial charge in [-0.15, -0.1) is 0 Å². The highest BCUT2D eigenvalue weighted by molar-refractivity contribution is 5.93. The fraction of sp³-hybridized carbons (Fsp3) is 0.455. The average molecular weight is 392 g/mol. The molecule has 0 radical (unpaired) electrons. The van der Waals surface area contributed by atoms with E-state index >= 15 is 0 Å². The molecule has 1 aromatic heterocycles. The molecule has 0 unspecified atom stereocenters. The standard InChI is InChI=1S/C22H24N4O3/c23-13-18(14-9-10-14)25-21(27)16-6-2-3-7-17(16)24-22(28)20-12-11-15-5-1-4-8-19(15)26(20)29/h1,4-5,8,11-12,14,16-18H,2-3,6-7,9-10H2,(H,24,28)(H,25,27)/t16-,17+,18-/m1/s1. The molecule has 29 heavy (non-hydrogen) atoms. The van der Waals surface area contributed by atoms with Crippen LogP contribution in [0.3, 0.4) is 0 Å². The van der Waals surface area contributed by atoms with E-state index in [1.807, 2.05) is 12.1 Å². The SMILES string of the molecule is N#C[C@@H](NC(=O)[C@@H]1CCCC[C@@H]1NC(=O)c1ccc2ccccc2[n+]1[O-])C1CC1. The van der Waals surface area contributed by atoms with Gasteiger partial charge in [-0.3, -0.25) is 9.59 Å². The van der Waals surface area contributed by atoms with Gasteiger partial charge in [0.05, 0.1) is 12.0 Å². The van der Waals surface area contributed by atoms with Crippen molar-refractivity contribution in [3.05, 3.63) is 47.3 Å². The number of nitrogens with zero attached hydrogens (tertiary/aromatic N) is 2. The van der Waals surface area contributed by atoms with E-state index < -0.39 is 11.9 Å². The van der Waals surface area contributed by atoms with Gasteiger partial charge in [0.2, 0.25) is 11.4 Å². The Bertz CT molecular complexity index is 980. The number of aromatic nitrogens is 1. The summed E-state index contributed by atoms with van der Waals surface area (Å²) in [7, 11) is 0. The lowest BCUT2D eigenvalue weighted by molar-refractivity contribution is -0.579. The molecule has 2 aliphatic rings. The van der Waals surface area contributed by atoms with Crippen molar-refractivity contribution in [2.24, 2.45) is 11.8 Å². The lowest BCUT2D eigenvalue weighted by atomic mass is 9.83. The second kappa shape index (κ2) is 8.08. The van der Waals surface area contributed by atoms with Gasteiger partial charge in [0.15, 0.2) is 0 Å². The number of benzene rings is 1. The third kappa shape index (κ3) is 4.02. The summed E-state index contributed by atoms with van der Waals surface area (Å²) in [6, 6.07) is 11.7. The van der Waals surface area contributed by atoms with Crippen molar-refractivity contribution in [1.29, 1.82) is 5.26 Å². The fourth-order valence-electron chi connectivity index (χ4n) is 4.15. The van der Waals surface area contributed by atoms with Crippen LogP contribution in [0.15, 0.2) is 36.4 Å². The summed E-state index contributed by atoms with van der Waals surface area (Å²) in [6.07, 6.45) is 5.09. The van der Waals surface area contributed by atoms with Crippen LogP contribution in [-0.4, -0.2) is 23.9 Å². The van der Waals surface area contributed by atoms with Gasteiger partial charge in [0.1, 0.15) is 6.04 Å². The van der Waals surface area contributed by atoms with Gasteiger partial charge >= 0.3 is 5.91 Å². The van der Waals surface area contributed by atoms with E-state index in [-0.39, 0.29) is 29.5 Å². The van der Waals surface area contributed by atoms with Crippen molar-refractivity contribution in [3.63, 3.8) is 0 Å². The zero-order valence-corrected chi connectivity index (χ0v) is 16.1. The van der Waals surface area contributed by atoms with Crippen molar-refractivity contribution >= 4 is 22.7 Å². The number of pyridine rings is 1. The van der Waals surface area contributed by atoms with Gasteiger partial charge in [-0.2, -0.15) is 9.99 Å². The zero-order valence-electron chi connectivity index (χ0n) is 16.1. The maximum Gasteiger partial charge on any atom is 0.317 e. The number of hydrogen-bond acceptors (Lipinski definition) is 4. The highest BCUT2D eigenvalue weighted by Crippen LogP contribution is 2.33. The summed E-state index contributed by atoms with van der Waals surface area (Å²) < 4.78 is 0.640. The van der Waals surface area contributed by atoms with E-state index in [0.717, 1.165) is 31.1 Å². The Labute approximate surface area is 169 Å². The summed E-state index contributed by atoms with van der Waals surface area (Å²) in [4.78, 5) is 25.6. The molecule has 2 saturated carbocycles. The predicted octanol–water partition coefficient (Wildman–Crippen LogP) is 2.18. The number of carbonyl (C=O) groups excluding carboxylic acids is 2. The molecule has 3 atom stereocenters. The van der Waals surface area contributed by atoms with Crippen LogP contribution in [0, 0.1) is 28.4 Å². The molecule has 0 aliphatic heterocycles. The number of fused-ring (bicyclic) bond motifs is 1. The molecule has 0 bridgehead atoms. The van der Waals surface area contributed by atoms with Crippen molar-refractivity contribution in [2.45, 2.75) is 50.6 Å². The number of carbonyl (C=O) groups is 2. The van der Waals surface area contributed by atoms with Crippen molar-refractivity contribution in [3.8, 4) is 6.07 Å². The smallest absolute Gasteiger partial charge is 0.317 e. The zero-order chi connectivity index (χ0) is 20.4. The minimum atomic E-state index is -0.477. The number of nitrogens with one attached hydrogen (secondary N) is 2. The Morgan fingerprint density at radius 3 is 2.62 bits per heavy atom. The van der Waals surface area contributed by atoms with Gasteiger partial charge in [-0.1, -0.05) is 25.0 Å². The number of hydrogen-bond donors (Lipinski definition) is 2. The van der Waals surface area contributed by atoms with E-state index in [1.165, 1.54) is 6.07 Å². The second-order valence-electron chi connectivity index (χ2n) is 8.00. The number of para-hydroxylation sites is 1. The molecule has 2 amide bonds. The number of amides is 2. The molecule has 0 saturated heterocycles. The molecule has 2 fully saturated rings. The molecule has 2 N–H and O–H groups in total. The largest absolute Gasteiger partial charge is 0.618 e. The summed E-state index contributed by atoms with van der Waals surface area (Å²) in [5.41, 5.74) is 0.445. The first-order chi connectivity index (χ1) is 14.1. The lowest BCUT2D eigenvalue weighted by Crippen LogP contribution is -2.52. The Kier molecular flexibility index (Phi) is 5.34. The lowest BCUT2D eigenvalue weighted by Gasteiger charge is -2.31. The second-order valence-corrected chi connectivity index (χ2v) is 8.00. The molecular formula is C22H24N4O3. The van der Waals surface area contributed by atoms with Gasteiger partial charge in [-0.05, 0) is 43.7 Å². The molecule has 1 heterocycles. The normalized spacial score (nSPS) is 22.4. The maximum absolute atomic E-state index is 12.8. The van der Waals surface area contributed by atoms with Crippen LogP contribution in [0.5, 0.6) is 0 Å². The van der Waals surface area contributed by atoms with E-state index in [1.54, 1.807) is 18.2 Å². The molecule has 2 aliphatic carbocycles. The fourth-order valence-corrected chi connectivity index (χ4v) is 4.15. The minimum Gasteiger partial charge on any atom is -0.618 e. The molecule has 0 spiro atoms. The Morgan fingerprint density at radius 1 is 1.10 bits per heavy atom. The van der Waals surface area contributed by atoms with Gasteiger partial charge in [-0.25, -0.2) is 0 Å². The predicted molar refractivity (Wildman–Crippen MR) is 106 cm³/mol. The first-order valence-corrected chi connectivity index (χ1v) is 10.2. The average Bonchev–Trinajstić information content (AvgIpc) is 3.58. The van der Waals surface area contributed by atoms with Crippen molar-refractivity contribution < 1.29 is 14.3 Å². The van der Waals surface area contributed by atoms with E-state index in [9.17, 15) is 20.1 Å². The Balaban J connectivity index is 1.49. The summed E-state index contributed by atoms with van der Waals surface area (Å²) in [5.74, 6) is -0.795. The van der Waals surface area contributed by atoms with Gasteiger partial charge in [0.25, 0.3) is 5.69 Å². The topological polar surface area (TPSA) is 109 Å². The third-order valence-electron chi connectivity index (χ3n) is 5.98. The maximum atomic E-state index is 12.8. The summed E-state index contributed by atoms with van der Waals surface area (Å²) in [6.45, 7) is 0. The molecule has 150 valence electrons. The highest BCUT2D eigenvalue weighted by atomic mass is 16.5. The quantitative estimate of drug-likeness (QED) is 0.600. The first kappa shape index (κ1) is 19.2. The molecule has 1 aromatic carbocycles. The Morgan fingerprint density at radius 2 is 1.86 bits per heavy atom. The first-order valence-electron chi connectivity index (χ1n) is 10.2. The summed E-state index contributed by atoms with van der Waals surface area (Å²) in [5, 5.41) is 28.4. The van der Waals surface area contributed by atoms with Gasteiger partial charge in [0, 0.05) is 23.6 Å². The molecule has 7 nitrogen and oxygen atoms in total. The third-order valence-corrected chi connectivity index (χ3v) is 5.98. The van der Waals surface area contributed by atoms with Crippen LogP contribution in [0.2, 0.25) is 0 Å². The Hall–Kier alpha value is -3.14. The number of nitriles is 1. The van der Waals surface area contributed by atoms with Crippen LogP contribution in [0.25, 0.3) is 10.9 Å². The highest BCUT2D eigenvalue weighted by Gasteiger charge is 2.37. The van der Waals surface area contributed by atoms with Crippen LogP contribution in [0.1, 0.15) is 49.0 Å². The van der Waals surface area contributed by atoms with Crippen LogP contribution < -0.4 is 15.4 Å². The molecule has 2 aromatic rings.